The average Bonchev–Trinajstić information content (AvgIpc) is 2.85. The minimum Gasteiger partial charge on any atom is -0.407 e. The van der Waals surface area contributed by atoms with Gasteiger partial charge in [0.25, 0.3) is 0 Å². The van der Waals surface area contributed by atoms with Crippen molar-refractivity contribution in [1.29, 1.82) is 0 Å². The molecular weight excluding hydrogens is 218 g/mol. The monoisotopic (exact) mass is 231 g/mol. The van der Waals surface area contributed by atoms with Gasteiger partial charge >= 0.3 is 6.01 Å². The smallest absolute Gasteiger partial charge is 0.318 e. The molecule has 1 aromatic rings. The van der Waals surface area contributed by atoms with Crippen molar-refractivity contribution < 1.29 is 9.52 Å². The zero-order valence-electron chi connectivity index (χ0n) is 8.40. The summed E-state index contributed by atoms with van der Waals surface area (Å²) < 4.78 is 5.35. The summed E-state index contributed by atoms with van der Waals surface area (Å²) in [6.45, 7) is 2.04. The van der Waals surface area contributed by atoms with Gasteiger partial charge in [-0.1, -0.05) is 5.10 Å². The van der Waals surface area contributed by atoms with Crippen molar-refractivity contribution in [3.8, 4) is 0 Å². The highest BCUT2D eigenvalue weighted by Crippen LogP contribution is 2.24. The molecule has 1 N–H and O–H groups in total. The number of rotatable bonds is 4. The van der Waals surface area contributed by atoms with Crippen LogP contribution >= 0.6 is 11.6 Å². The van der Waals surface area contributed by atoms with Crippen LogP contribution in [-0.2, 0) is 5.88 Å². The van der Waals surface area contributed by atoms with Gasteiger partial charge in [0.1, 0.15) is 5.88 Å². The second-order valence-electron chi connectivity index (χ2n) is 3.73. The zero-order chi connectivity index (χ0) is 10.7. The molecule has 6 heteroatoms. The molecule has 1 saturated heterocycles. The number of hydrogen-bond acceptors (Lipinski definition) is 5. The molecule has 1 aromatic heterocycles. The quantitative estimate of drug-likeness (QED) is 0.784. The van der Waals surface area contributed by atoms with Gasteiger partial charge in [-0.15, -0.1) is 16.7 Å². The molecular formula is C9H14ClN3O2. The number of anilines is 1. The molecule has 5 nitrogen and oxygen atoms in total. The number of alkyl halides is 1. The summed E-state index contributed by atoms with van der Waals surface area (Å²) in [6, 6.07) is 0.547. The molecule has 2 heterocycles. The minimum atomic E-state index is 0.245. The lowest BCUT2D eigenvalue weighted by molar-refractivity contribution is 0.263. The fraction of sp³-hybridized carbons (Fsp3) is 0.778. The third-order valence-electron chi connectivity index (χ3n) is 2.66. The molecule has 0 radical (unpaired) electrons. The van der Waals surface area contributed by atoms with Crippen LogP contribution in [0.1, 0.15) is 18.7 Å². The Bertz CT molecular complexity index is 318. The first-order chi connectivity index (χ1) is 7.33. The van der Waals surface area contributed by atoms with Crippen LogP contribution in [0.5, 0.6) is 0 Å². The van der Waals surface area contributed by atoms with Gasteiger partial charge in [-0.25, -0.2) is 0 Å². The van der Waals surface area contributed by atoms with Crippen molar-refractivity contribution in [3.63, 3.8) is 0 Å². The predicted molar refractivity (Wildman–Crippen MR) is 55.9 cm³/mol. The van der Waals surface area contributed by atoms with E-state index in [-0.39, 0.29) is 12.5 Å². The lowest BCUT2D eigenvalue weighted by Gasteiger charge is -2.12. The van der Waals surface area contributed by atoms with E-state index in [0.717, 1.165) is 25.9 Å². The van der Waals surface area contributed by atoms with Crippen molar-refractivity contribution in [1.82, 2.24) is 10.2 Å². The number of halogens is 1. The summed E-state index contributed by atoms with van der Waals surface area (Å²) >= 11 is 5.58. The van der Waals surface area contributed by atoms with Gasteiger partial charge in [0.05, 0.1) is 0 Å². The van der Waals surface area contributed by atoms with E-state index in [1.165, 1.54) is 0 Å². The van der Waals surface area contributed by atoms with Crippen molar-refractivity contribution in [3.05, 3.63) is 5.89 Å². The highest BCUT2D eigenvalue weighted by atomic mass is 35.5. The molecule has 0 bridgehead atoms. The van der Waals surface area contributed by atoms with Crippen molar-refractivity contribution in [2.45, 2.75) is 18.7 Å². The van der Waals surface area contributed by atoms with Crippen LogP contribution in [-0.4, -0.2) is 35.0 Å². The average molecular weight is 232 g/mol. The van der Waals surface area contributed by atoms with Crippen LogP contribution < -0.4 is 4.90 Å². The maximum Gasteiger partial charge on any atom is 0.318 e. The van der Waals surface area contributed by atoms with Gasteiger partial charge < -0.3 is 14.4 Å². The molecule has 0 spiro atoms. The third-order valence-corrected chi connectivity index (χ3v) is 2.89. The topological polar surface area (TPSA) is 62.4 Å². The highest BCUT2D eigenvalue weighted by Gasteiger charge is 2.25. The Kier molecular flexibility index (Phi) is 3.43. The fourth-order valence-corrected chi connectivity index (χ4v) is 1.96. The molecule has 1 unspecified atom stereocenters. The molecule has 0 aromatic carbocycles. The number of aliphatic hydroxyl groups excluding tert-OH is 1. The van der Waals surface area contributed by atoms with Gasteiger partial charge in [0, 0.05) is 19.7 Å². The lowest BCUT2D eigenvalue weighted by Crippen LogP contribution is -2.20. The van der Waals surface area contributed by atoms with E-state index in [2.05, 4.69) is 10.2 Å². The van der Waals surface area contributed by atoms with Gasteiger partial charge in [-0.05, 0) is 18.8 Å². The van der Waals surface area contributed by atoms with E-state index >= 15 is 0 Å². The van der Waals surface area contributed by atoms with E-state index in [1.54, 1.807) is 0 Å². The molecule has 2 rings (SSSR count). The molecule has 1 aliphatic heterocycles. The van der Waals surface area contributed by atoms with Crippen LogP contribution in [0.3, 0.4) is 0 Å². The van der Waals surface area contributed by atoms with Crippen molar-refractivity contribution in [2.75, 3.05) is 24.6 Å². The summed E-state index contributed by atoms with van der Waals surface area (Å²) in [5, 5.41) is 16.6. The molecule has 15 heavy (non-hydrogen) atoms. The number of aromatic nitrogens is 2. The summed E-state index contributed by atoms with van der Waals surface area (Å²) in [6.07, 6.45) is 1.91. The Morgan fingerprint density at radius 3 is 3.07 bits per heavy atom. The van der Waals surface area contributed by atoms with Crippen LogP contribution in [0.4, 0.5) is 6.01 Å². The highest BCUT2D eigenvalue weighted by molar-refractivity contribution is 6.16. The normalized spacial score (nSPS) is 21.2. The van der Waals surface area contributed by atoms with Crippen LogP contribution in [0.2, 0.25) is 0 Å². The largest absolute Gasteiger partial charge is 0.407 e. The van der Waals surface area contributed by atoms with Gasteiger partial charge in [0.2, 0.25) is 5.89 Å². The minimum absolute atomic E-state index is 0.245. The Hall–Kier alpha value is -0.810. The Balaban J connectivity index is 1.95. The SMILES string of the molecule is OCCC1CCN(c2nnc(CCl)o2)C1. The number of nitrogens with zero attached hydrogens (tertiary/aromatic N) is 3. The Labute approximate surface area is 93.0 Å². The standard InChI is InChI=1S/C9H14ClN3O2/c10-5-8-11-12-9(15-8)13-3-1-7(6-13)2-4-14/h7,14H,1-6H2. The lowest BCUT2D eigenvalue weighted by atomic mass is 10.1. The van der Waals surface area contributed by atoms with Crippen LogP contribution in [0, 0.1) is 5.92 Å². The first kappa shape index (κ1) is 10.7. The first-order valence-electron chi connectivity index (χ1n) is 5.07. The molecule has 0 aliphatic carbocycles. The molecule has 0 amide bonds. The van der Waals surface area contributed by atoms with E-state index in [4.69, 9.17) is 21.1 Å². The number of hydrogen-bond donors (Lipinski definition) is 1. The van der Waals surface area contributed by atoms with E-state index in [9.17, 15) is 0 Å². The van der Waals surface area contributed by atoms with Gasteiger partial charge in [-0.3, -0.25) is 0 Å². The van der Waals surface area contributed by atoms with Gasteiger partial charge in [0.15, 0.2) is 0 Å². The zero-order valence-corrected chi connectivity index (χ0v) is 9.15. The van der Waals surface area contributed by atoms with Crippen molar-refractivity contribution >= 4 is 17.6 Å². The van der Waals surface area contributed by atoms with E-state index < -0.39 is 0 Å². The fourth-order valence-electron chi connectivity index (χ4n) is 1.85. The second kappa shape index (κ2) is 4.81. The predicted octanol–water partition coefficient (Wildman–Crippen LogP) is 1.02. The molecule has 84 valence electrons. The molecule has 0 saturated carbocycles. The summed E-state index contributed by atoms with van der Waals surface area (Å²) in [7, 11) is 0. The molecule has 1 aliphatic rings. The Morgan fingerprint density at radius 2 is 2.40 bits per heavy atom. The first-order valence-corrected chi connectivity index (χ1v) is 5.61. The maximum atomic E-state index is 8.84. The maximum absolute atomic E-state index is 8.84. The van der Waals surface area contributed by atoms with Crippen molar-refractivity contribution in [2.24, 2.45) is 5.92 Å². The summed E-state index contributed by atoms with van der Waals surface area (Å²) in [5.41, 5.74) is 0. The van der Waals surface area contributed by atoms with Gasteiger partial charge in [-0.2, -0.15) is 0 Å². The summed E-state index contributed by atoms with van der Waals surface area (Å²) in [5.74, 6) is 1.24. The summed E-state index contributed by atoms with van der Waals surface area (Å²) in [4.78, 5) is 2.05. The van der Waals surface area contributed by atoms with E-state index in [1.807, 2.05) is 4.90 Å². The van der Waals surface area contributed by atoms with Crippen LogP contribution in [0.25, 0.3) is 0 Å². The van der Waals surface area contributed by atoms with Crippen LogP contribution in [0.15, 0.2) is 4.42 Å². The van der Waals surface area contributed by atoms with E-state index in [0.29, 0.717) is 17.8 Å². The number of aliphatic hydroxyl groups is 1. The third kappa shape index (κ3) is 2.41. The second-order valence-corrected chi connectivity index (χ2v) is 3.99. The Morgan fingerprint density at radius 1 is 1.53 bits per heavy atom. The molecule has 1 atom stereocenters. The molecule has 1 fully saturated rings.